The van der Waals surface area contributed by atoms with Crippen molar-refractivity contribution in [2.24, 2.45) is 5.92 Å². The molecule has 4 nitrogen and oxygen atoms in total. The average molecular weight is 410 g/mol. The number of amides is 2. The van der Waals surface area contributed by atoms with Gasteiger partial charge in [0.1, 0.15) is 0 Å². The van der Waals surface area contributed by atoms with Gasteiger partial charge in [-0.15, -0.1) is 0 Å². The fraction of sp³-hybridized carbons (Fsp3) is 0.222. The second kappa shape index (κ2) is 8.31. The molecule has 0 radical (unpaired) electrons. The van der Waals surface area contributed by atoms with Crippen LogP contribution in [0.5, 0.6) is 0 Å². The third-order valence-electron chi connectivity index (χ3n) is 3.26. The lowest BCUT2D eigenvalue weighted by molar-refractivity contribution is 0.0950. The molecule has 0 aromatic heterocycles. The van der Waals surface area contributed by atoms with Gasteiger partial charge in [-0.1, -0.05) is 53.5 Å². The molecule has 0 aliphatic carbocycles. The zero-order valence-electron chi connectivity index (χ0n) is 13.4. The minimum atomic E-state index is -0.370. The maximum absolute atomic E-state index is 12.5. The Labute approximate surface area is 154 Å². The molecule has 24 heavy (non-hydrogen) atoms. The molecule has 0 aliphatic heterocycles. The van der Waals surface area contributed by atoms with E-state index >= 15 is 0 Å². The molecule has 0 unspecified atom stereocenters. The topological polar surface area (TPSA) is 58.2 Å². The van der Waals surface area contributed by atoms with Crippen LogP contribution < -0.4 is 10.6 Å². The number of hydrogen-bond acceptors (Lipinski definition) is 2. The van der Waals surface area contributed by atoms with Crippen LogP contribution in [0.4, 0.5) is 5.69 Å². The van der Waals surface area contributed by atoms with E-state index in [0.29, 0.717) is 34.3 Å². The molecule has 2 aromatic carbocycles. The Hall–Kier alpha value is -1.85. The van der Waals surface area contributed by atoms with Crippen molar-refractivity contribution < 1.29 is 9.59 Å². The molecule has 2 rings (SSSR count). The van der Waals surface area contributed by atoms with Crippen molar-refractivity contribution in [3.8, 4) is 0 Å². The summed E-state index contributed by atoms with van der Waals surface area (Å²) in [5, 5.41) is 5.95. The van der Waals surface area contributed by atoms with Gasteiger partial charge in [-0.2, -0.15) is 0 Å². The van der Waals surface area contributed by atoms with E-state index in [1.807, 2.05) is 13.8 Å². The second-order valence-corrected chi connectivity index (χ2v) is 7.05. The average Bonchev–Trinajstić information content (AvgIpc) is 2.55. The fourth-order valence-corrected chi connectivity index (χ4v) is 2.61. The summed E-state index contributed by atoms with van der Waals surface area (Å²) in [7, 11) is 0. The van der Waals surface area contributed by atoms with Crippen molar-refractivity contribution in [1.29, 1.82) is 0 Å². The van der Waals surface area contributed by atoms with Crippen LogP contribution in [0.25, 0.3) is 0 Å². The van der Waals surface area contributed by atoms with Gasteiger partial charge in [0.25, 0.3) is 11.8 Å². The number of anilines is 1. The van der Waals surface area contributed by atoms with Gasteiger partial charge in [0.15, 0.2) is 0 Å². The van der Waals surface area contributed by atoms with Crippen LogP contribution in [0.3, 0.4) is 0 Å². The van der Waals surface area contributed by atoms with E-state index in [4.69, 9.17) is 11.6 Å². The summed E-state index contributed by atoms with van der Waals surface area (Å²) >= 11 is 9.40. The molecule has 0 spiro atoms. The van der Waals surface area contributed by atoms with E-state index in [-0.39, 0.29) is 11.8 Å². The van der Waals surface area contributed by atoms with Crippen molar-refractivity contribution in [3.05, 3.63) is 63.1 Å². The number of benzene rings is 2. The normalized spacial score (nSPS) is 10.5. The largest absolute Gasteiger partial charge is 0.352 e. The quantitative estimate of drug-likeness (QED) is 0.749. The Kier molecular flexibility index (Phi) is 6.40. The zero-order chi connectivity index (χ0) is 17.7. The lowest BCUT2D eigenvalue weighted by Gasteiger charge is -2.13. The SMILES string of the molecule is CC(C)CNC(=O)c1ccccc1NC(=O)c1cc(Br)ccc1Cl. The highest BCUT2D eigenvalue weighted by molar-refractivity contribution is 9.10. The first-order chi connectivity index (χ1) is 11.4. The van der Waals surface area contributed by atoms with Crippen LogP contribution in [0.2, 0.25) is 5.02 Å². The number of para-hydroxylation sites is 1. The number of halogens is 2. The Morgan fingerprint density at radius 2 is 1.79 bits per heavy atom. The second-order valence-electron chi connectivity index (χ2n) is 5.73. The fourth-order valence-electron chi connectivity index (χ4n) is 2.04. The maximum atomic E-state index is 12.5. The van der Waals surface area contributed by atoms with Gasteiger partial charge in [-0.3, -0.25) is 9.59 Å². The van der Waals surface area contributed by atoms with Crippen LogP contribution in [0.15, 0.2) is 46.9 Å². The predicted octanol–water partition coefficient (Wildman–Crippen LogP) is 4.74. The molecule has 2 aromatic rings. The summed E-state index contributed by atoms with van der Waals surface area (Å²) in [6.45, 7) is 4.60. The highest BCUT2D eigenvalue weighted by Gasteiger charge is 2.16. The minimum absolute atomic E-state index is 0.222. The van der Waals surface area contributed by atoms with Crippen molar-refractivity contribution in [2.45, 2.75) is 13.8 Å². The summed E-state index contributed by atoms with van der Waals surface area (Å²) in [5.74, 6) is -0.249. The van der Waals surface area contributed by atoms with E-state index in [2.05, 4.69) is 26.6 Å². The van der Waals surface area contributed by atoms with Crippen LogP contribution in [0.1, 0.15) is 34.6 Å². The van der Waals surface area contributed by atoms with Gasteiger partial charge in [0.2, 0.25) is 0 Å². The molecule has 0 saturated heterocycles. The Balaban J connectivity index is 2.22. The number of hydrogen-bond donors (Lipinski definition) is 2. The Morgan fingerprint density at radius 3 is 2.50 bits per heavy atom. The predicted molar refractivity (Wildman–Crippen MR) is 101 cm³/mol. The van der Waals surface area contributed by atoms with Gasteiger partial charge >= 0.3 is 0 Å². The van der Waals surface area contributed by atoms with Gasteiger partial charge in [-0.25, -0.2) is 0 Å². The summed E-state index contributed by atoms with van der Waals surface area (Å²) in [6, 6.07) is 11.9. The smallest absolute Gasteiger partial charge is 0.257 e. The van der Waals surface area contributed by atoms with Gasteiger partial charge < -0.3 is 10.6 Å². The standard InChI is InChI=1S/C18H18BrClN2O2/c1-11(2)10-21-17(23)13-5-3-4-6-16(13)22-18(24)14-9-12(19)7-8-15(14)20/h3-9,11H,10H2,1-2H3,(H,21,23)(H,22,24). The van der Waals surface area contributed by atoms with E-state index in [1.165, 1.54) is 0 Å². The first-order valence-electron chi connectivity index (χ1n) is 7.52. The lowest BCUT2D eigenvalue weighted by Crippen LogP contribution is -2.28. The van der Waals surface area contributed by atoms with E-state index in [1.54, 1.807) is 42.5 Å². The van der Waals surface area contributed by atoms with Gasteiger partial charge in [-0.05, 0) is 36.2 Å². The summed E-state index contributed by atoms with van der Waals surface area (Å²) in [5.41, 5.74) is 1.20. The molecule has 126 valence electrons. The highest BCUT2D eigenvalue weighted by Crippen LogP contribution is 2.23. The van der Waals surface area contributed by atoms with Crippen LogP contribution in [0, 0.1) is 5.92 Å². The molecule has 2 amide bonds. The van der Waals surface area contributed by atoms with Gasteiger partial charge in [0, 0.05) is 11.0 Å². The number of rotatable bonds is 5. The van der Waals surface area contributed by atoms with Crippen molar-refractivity contribution in [3.63, 3.8) is 0 Å². The number of nitrogens with one attached hydrogen (secondary N) is 2. The summed E-state index contributed by atoms with van der Waals surface area (Å²) in [6.07, 6.45) is 0. The van der Waals surface area contributed by atoms with E-state index < -0.39 is 0 Å². The molecule has 2 N–H and O–H groups in total. The zero-order valence-corrected chi connectivity index (χ0v) is 15.7. The monoisotopic (exact) mass is 408 g/mol. The molecule has 0 bridgehead atoms. The molecule has 0 aliphatic rings. The molecular weight excluding hydrogens is 392 g/mol. The third kappa shape index (κ3) is 4.82. The summed E-state index contributed by atoms with van der Waals surface area (Å²) < 4.78 is 0.750. The van der Waals surface area contributed by atoms with Crippen LogP contribution in [-0.4, -0.2) is 18.4 Å². The number of carbonyl (C=O) groups excluding carboxylic acids is 2. The van der Waals surface area contributed by atoms with Crippen LogP contribution in [-0.2, 0) is 0 Å². The van der Waals surface area contributed by atoms with E-state index in [9.17, 15) is 9.59 Å². The van der Waals surface area contributed by atoms with Crippen molar-refractivity contribution in [2.75, 3.05) is 11.9 Å². The highest BCUT2D eigenvalue weighted by atomic mass is 79.9. The van der Waals surface area contributed by atoms with E-state index in [0.717, 1.165) is 4.47 Å². The first-order valence-corrected chi connectivity index (χ1v) is 8.69. The third-order valence-corrected chi connectivity index (χ3v) is 4.09. The molecule has 6 heteroatoms. The Bertz CT molecular complexity index is 762. The minimum Gasteiger partial charge on any atom is -0.352 e. The van der Waals surface area contributed by atoms with Gasteiger partial charge in [0.05, 0.1) is 21.8 Å². The van der Waals surface area contributed by atoms with Crippen LogP contribution >= 0.6 is 27.5 Å². The first kappa shape index (κ1) is 18.5. The van der Waals surface area contributed by atoms with Crippen molar-refractivity contribution in [1.82, 2.24) is 5.32 Å². The maximum Gasteiger partial charge on any atom is 0.257 e. The molecule has 0 heterocycles. The molecular formula is C18H18BrClN2O2. The summed E-state index contributed by atoms with van der Waals surface area (Å²) in [4.78, 5) is 24.8. The number of carbonyl (C=O) groups is 2. The lowest BCUT2D eigenvalue weighted by atomic mass is 10.1. The Morgan fingerprint density at radius 1 is 1.08 bits per heavy atom. The molecule has 0 atom stereocenters. The molecule has 0 fully saturated rings. The van der Waals surface area contributed by atoms with Crippen molar-refractivity contribution >= 4 is 45.0 Å². The molecule has 0 saturated carbocycles.